The van der Waals surface area contributed by atoms with Crippen LogP contribution in [0.4, 0.5) is 10.5 Å². The minimum Gasteiger partial charge on any atom is -0.444 e. The summed E-state index contributed by atoms with van der Waals surface area (Å²) in [5.74, 6) is 0.538. The van der Waals surface area contributed by atoms with Crippen molar-refractivity contribution in [2.45, 2.75) is 32.4 Å². The highest BCUT2D eigenvalue weighted by molar-refractivity contribution is 9.10. The molecule has 3 heterocycles. The zero-order chi connectivity index (χ0) is 15.2. The van der Waals surface area contributed by atoms with Crippen LogP contribution in [-0.4, -0.2) is 47.3 Å². The number of aromatic nitrogens is 1. The Kier molecular flexibility index (Phi) is 3.59. The number of anilines is 1. The molecule has 0 spiro atoms. The quantitative estimate of drug-likeness (QED) is 0.778. The molecule has 1 amide bonds. The van der Waals surface area contributed by atoms with Crippen molar-refractivity contribution in [3.05, 3.63) is 22.9 Å². The van der Waals surface area contributed by atoms with Gasteiger partial charge in [-0.3, -0.25) is 4.98 Å². The third-order valence-corrected chi connectivity index (χ3v) is 4.35. The number of hydrogen-bond donors (Lipinski definition) is 0. The second-order valence-corrected chi connectivity index (χ2v) is 7.64. The molecule has 0 radical (unpaired) electrons. The normalized spacial score (nSPS) is 24.6. The molecule has 0 N–H and O–H groups in total. The van der Waals surface area contributed by atoms with Crippen molar-refractivity contribution in [2.24, 2.45) is 5.92 Å². The van der Waals surface area contributed by atoms with Crippen LogP contribution in [0.1, 0.15) is 20.8 Å². The van der Waals surface area contributed by atoms with Gasteiger partial charge in [-0.05, 0) is 42.8 Å². The Morgan fingerprint density at radius 2 is 2.10 bits per heavy atom. The van der Waals surface area contributed by atoms with E-state index in [0.29, 0.717) is 12.0 Å². The summed E-state index contributed by atoms with van der Waals surface area (Å²) in [6, 6.07) is 2.45. The average Bonchev–Trinajstić information content (AvgIpc) is 2.65. The second kappa shape index (κ2) is 5.16. The molecule has 0 saturated carbocycles. The Morgan fingerprint density at radius 3 is 2.76 bits per heavy atom. The first-order valence-corrected chi connectivity index (χ1v) is 7.98. The summed E-state index contributed by atoms with van der Waals surface area (Å²) in [7, 11) is 0. The molecule has 3 rings (SSSR count). The van der Waals surface area contributed by atoms with Gasteiger partial charge in [0.2, 0.25) is 0 Å². The molecule has 0 unspecified atom stereocenters. The van der Waals surface area contributed by atoms with Gasteiger partial charge in [0.15, 0.2) is 0 Å². The van der Waals surface area contributed by atoms with E-state index in [9.17, 15) is 4.79 Å². The SMILES string of the molecule is CC(C)(C)OC(=O)N1C[C@H]2CN(c3cncc(Br)c3)[C@H]2C1. The third kappa shape index (κ3) is 3.00. The number of carbonyl (C=O) groups excluding carboxylic acids is 1. The van der Waals surface area contributed by atoms with E-state index in [1.165, 1.54) is 0 Å². The van der Waals surface area contributed by atoms with Crippen LogP contribution in [0.25, 0.3) is 0 Å². The van der Waals surface area contributed by atoms with Gasteiger partial charge in [0, 0.05) is 36.2 Å². The molecular formula is C15H20BrN3O2. The highest BCUT2D eigenvalue weighted by Crippen LogP contribution is 2.37. The summed E-state index contributed by atoms with van der Waals surface area (Å²) >= 11 is 3.45. The van der Waals surface area contributed by atoms with E-state index in [-0.39, 0.29) is 6.09 Å². The van der Waals surface area contributed by atoms with Gasteiger partial charge >= 0.3 is 6.09 Å². The van der Waals surface area contributed by atoms with E-state index < -0.39 is 5.60 Å². The maximum absolute atomic E-state index is 12.1. The van der Waals surface area contributed by atoms with E-state index in [1.807, 2.05) is 31.9 Å². The summed E-state index contributed by atoms with van der Waals surface area (Å²) in [4.78, 5) is 20.5. The van der Waals surface area contributed by atoms with Crippen LogP contribution in [-0.2, 0) is 4.74 Å². The molecule has 1 aromatic rings. The Labute approximate surface area is 133 Å². The van der Waals surface area contributed by atoms with Crippen molar-refractivity contribution < 1.29 is 9.53 Å². The molecule has 21 heavy (non-hydrogen) atoms. The number of nitrogens with zero attached hydrogens (tertiary/aromatic N) is 3. The Morgan fingerprint density at radius 1 is 1.33 bits per heavy atom. The number of ether oxygens (including phenoxy) is 1. The van der Waals surface area contributed by atoms with E-state index in [4.69, 9.17) is 4.74 Å². The molecule has 2 saturated heterocycles. The number of fused-ring (bicyclic) bond motifs is 1. The van der Waals surface area contributed by atoms with Gasteiger partial charge in [-0.15, -0.1) is 0 Å². The summed E-state index contributed by atoms with van der Waals surface area (Å²) in [6.07, 6.45) is 3.45. The predicted octanol–water partition coefficient (Wildman–Crippen LogP) is 2.90. The molecule has 114 valence electrons. The van der Waals surface area contributed by atoms with E-state index >= 15 is 0 Å². The number of amides is 1. The summed E-state index contributed by atoms with van der Waals surface area (Å²) in [5.41, 5.74) is 0.670. The monoisotopic (exact) mass is 353 g/mol. The molecule has 6 heteroatoms. The van der Waals surface area contributed by atoms with Crippen LogP contribution < -0.4 is 4.90 Å². The second-order valence-electron chi connectivity index (χ2n) is 6.73. The lowest BCUT2D eigenvalue weighted by Crippen LogP contribution is -2.55. The summed E-state index contributed by atoms with van der Waals surface area (Å²) in [6.45, 7) is 8.19. The molecule has 0 aliphatic carbocycles. The standard InChI is InChI=1S/C15H20BrN3O2/c1-15(2,3)21-14(20)18-7-10-8-19(13(10)9-18)12-4-11(16)5-17-6-12/h4-6,10,13H,7-9H2,1-3H3/t10-,13-/m0/s1. The van der Waals surface area contributed by atoms with E-state index in [1.54, 1.807) is 6.20 Å². The van der Waals surface area contributed by atoms with Gasteiger partial charge in [-0.1, -0.05) is 0 Å². The van der Waals surface area contributed by atoms with Gasteiger partial charge < -0.3 is 14.5 Å². The van der Waals surface area contributed by atoms with Crippen LogP contribution in [0.5, 0.6) is 0 Å². The van der Waals surface area contributed by atoms with Gasteiger partial charge in [-0.25, -0.2) is 4.79 Å². The molecular weight excluding hydrogens is 334 g/mol. The minimum atomic E-state index is -0.438. The van der Waals surface area contributed by atoms with Gasteiger partial charge in [0.1, 0.15) is 5.60 Å². The fourth-order valence-electron chi connectivity index (χ4n) is 2.97. The largest absolute Gasteiger partial charge is 0.444 e. The fraction of sp³-hybridized carbons (Fsp3) is 0.600. The molecule has 2 aliphatic heterocycles. The highest BCUT2D eigenvalue weighted by Gasteiger charge is 2.47. The number of hydrogen-bond acceptors (Lipinski definition) is 4. The van der Waals surface area contributed by atoms with E-state index in [0.717, 1.165) is 29.8 Å². The van der Waals surface area contributed by atoms with Crippen molar-refractivity contribution in [3.63, 3.8) is 0 Å². The highest BCUT2D eigenvalue weighted by atomic mass is 79.9. The molecule has 2 aliphatic rings. The van der Waals surface area contributed by atoms with Crippen LogP contribution in [0, 0.1) is 5.92 Å². The van der Waals surface area contributed by atoms with Crippen LogP contribution >= 0.6 is 15.9 Å². The third-order valence-electron chi connectivity index (χ3n) is 3.91. The lowest BCUT2D eigenvalue weighted by atomic mass is 9.91. The van der Waals surface area contributed by atoms with Gasteiger partial charge in [-0.2, -0.15) is 0 Å². The summed E-state index contributed by atoms with van der Waals surface area (Å²) in [5, 5.41) is 0. The minimum absolute atomic E-state index is 0.204. The molecule has 2 fully saturated rings. The molecule has 0 bridgehead atoms. The van der Waals surface area contributed by atoms with Gasteiger partial charge in [0.25, 0.3) is 0 Å². The van der Waals surface area contributed by atoms with Crippen molar-refractivity contribution in [1.82, 2.24) is 9.88 Å². The molecule has 5 nitrogen and oxygen atoms in total. The first-order valence-electron chi connectivity index (χ1n) is 7.18. The Bertz CT molecular complexity index is 558. The molecule has 0 aromatic carbocycles. The predicted molar refractivity (Wildman–Crippen MR) is 84.4 cm³/mol. The topological polar surface area (TPSA) is 45.7 Å². The number of halogens is 1. The van der Waals surface area contributed by atoms with Gasteiger partial charge in [0.05, 0.1) is 17.9 Å². The smallest absolute Gasteiger partial charge is 0.410 e. The van der Waals surface area contributed by atoms with Crippen molar-refractivity contribution in [1.29, 1.82) is 0 Å². The van der Waals surface area contributed by atoms with E-state index in [2.05, 4.69) is 31.9 Å². The zero-order valence-electron chi connectivity index (χ0n) is 12.5. The maximum atomic E-state index is 12.1. The molecule has 1 aromatic heterocycles. The summed E-state index contributed by atoms with van der Waals surface area (Å²) < 4.78 is 6.43. The van der Waals surface area contributed by atoms with Crippen LogP contribution in [0.3, 0.4) is 0 Å². The average molecular weight is 354 g/mol. The Hall–Kier alpha value is -1.30. The lowest BCUT2D eigenvalue weighted by molar-refractivity contribution is 0.0291. The van der Waals surface area contributed by atoms with Crippen LogP contribution in [0.2, 0.25) is 0 Å². The zero-order valence-corrected chi connectivity index (χ0v) is 14.1. The maximum Gasteiger partial charge on any atom is 0.410 e. The van der Waals surface area contributed by atoms with Crippen molar-refractivity contribution in [2.75, 3.05) is 24.5 Å². The number of rotatable bonds is 1. The first-order chi connectivity index (χ1) is 9.83. The number of carbonyl (C=O) groups is 1. The van der Waals surface area contributed by atoms with Crippen LogP contribution in [0.15, 0.2) is 22.9 Å². The van der Waals surface area contributed by atoms with Crippen molar-refractivity contribution >= 4 is 27.7 Å². The van der Waals surface area contributed by atoms with Crippen molar-refractivity contribution in [3.8, 4) is 0 Å². The number of pyridine rings is 1. The molecule has 2 atom stereocenters. The number of likely N-dealkylation sites (tertiary alicyclic amines) is 1. The fourth-order valence-corrected chi connectivity index (χ4v) is 3.32. The first kappa shape index (κ1) is 14.6. The Balaban J connectivity index is 1.64. The lowest BCUT2D eigenvalue weighted by Gasteiger charge is -2.45.